The van der Waals surface area contributed by atoms with Gasteiger partial charge in [0.25, 0.3) is 0 Å². The van der Waals surface area contributed by atoms with Crippen molar-refractivity contribution >= 4 is 12.0 Å². The largest absolute Gasteiger partial charge is 0.464 e. The summed E-state index contributed by atoms with van der Waals surface area (Å²) in [5, 5.41) is 3.08. The Morgan fingerprint density at radius 2 is 2.19 bits per heavy atom. The lowest BCUT2D eigenvalue weighted by atomic mass is 10.2. The number of urea groups is 1. The summed E-state index contributed by atoms with van der Waals surface area (Å²) in [5.41, 5.74) is 0. The molecule has 0 radical (unpaired) electrons. The van der Waals surface area contributed by atoms with Crippen molar-refractivity contribution in [2.75, 3.05) is 40.3 Å². The van der Waals surface area contributed by atoms with E-state index in [1.165, 1.54) is 4.90 Å². The average molecular weight is 229 g/mol. The van der Waals surface area contributed by atoms with Crippen LogP contribution in [0.25, 0.3) is 0 Å². The van der Waals surface area contributed by atoms with Gasteiger partial charge in [0.15, 0.2) is 0 Å². The molecule has 1 atom stereocenters. The zero-order valence-electron chi connectivity index (χ0n) is 10.0. The van der Waals surface area contributed by atoms with Crippen molar-refractivity contribution in [3.05, 3.63) is 0 Å². The second kappa shape index (κ2) is 5.69. The third-order valence-corrected chi connectivity index (χ3v) is 2.43. The van der Waals surface area contributed by atoms with Gasteiger partial charge in [-0.25, -0.2) is 9.59 Å². The minimum Gasteiger partial charge on any atom is -0.464 e. The molecule has 0 spiro atoms. The lowest BCUT2D eigenvalue weighted by Gasteiger charge is -2.35. The summed E-state index contributed by atoms with van der Waals surface area (Å²) in [6.07, 6.45) is 0. The molecule has 1 aliphatic heterocycles. The summed E-state index contributed by atoms with van der Waals surface area (Å²) in [5.74, 6) is -0.343. The minimum atomic E-state index is -0.511. The van der Waals surface area contributed by atoms with E-state index in [2.05, 4.69) is 5.32 Å². The van der Waals surface area contributed by atoms with E-state index < -0.39 is 6.04 Å². The Morgan fingerprint density at radius 3 is 2.75 bits per heavy atom. The van der Waals surface area contributed by atoms with Crippen LogP contribution < -0.4 is 5.32 Å². The lowest BCUT2D eigenvalue weighted by Crippen LogP contribution is -2.59. The Hall–Kier alpha value is -1.30. The van der Waals surface area contributed by atoms with E-state index >= 15 is 0 Å². The van der Waals surface area contributed by atoms with Crippen LogP contribution in [0, 0.1) is 0 Å². The van der Waals surface area contributed by atoms with Crippen molar-refractivity contribution in [3.8, 4) is 0 Å². The van der Waals surface area contributed by atoms with E-state index in [1.807, 2.05) is 0 Å². The van der Waals surface area contributed by atoms with Crippen LogP contribution in [0.1, 0.15) is 6.92 Å². The first kappa shape index (κ1) is 12.8. The molecule has 0 bridgehead atoms. The topological polar surface area (TPSA) is 61.9 Å². The summed E-state index contributed by atoms with van der Waals surface area (Å²) in [4.78, 5) is 26.5. The maximum atomic E-state index is 11.8. The Balaban J connectivity index is 2.71. The molecule has 1 saturated heterocycles. The maximum absolute atomic E-state index is 11.8. The number of nitrogens with zero attached hydrogens (tertiary/aromatic N) is 2. The molecule has 0 aromatic rings. The van der Waals surface area contributed by atoms with Crippen LogP contribution in [-0.4, -0.2) is 68.2 Å². The van der Waals surface area contributed by atoms with Gasteiger partial charge in [-0.1, -0.05) is 0 Å². The molecule has 1 unspecified atom stereocenters. The summed E-state index contributed by atoms with van der Waals surface area (Å²) < 4.78 is 4.95. The normalized spacial score (nSPS) is 20.4. The molecule has 16 heavy (non-hydrogen) atoms. The number of piperazine rings is 1. The van der Waals surface area contributed by atoms with Crippen LogP contribution in [0.15, 0.2) is 0 Å². The standard InChI is InChI=1S/C10H19N3O3/c1-4-16-9(14)8-7-11-5-6-13(8)10(15)12(2)3/h8,11H,4-7H2,1-3H3. The summed E-state index contributed by atoms with van der Waals surface area (Å²) >= 11 is 0. The highest BCUT2D eigenvalue weighted by Gasteiger charge is 2.33. The van der Waals surface area contributed by atoms with E-state index in [0.717, 1.165) is 0 Å². The molecule has 1 fully saturated rings. The molecule has 1 N–H and O–H groups in total. The molecule has 0 aromatic heterocycles. The molecule has 1 aliphatic rings. The predicted molar refractivity (Wildman–Crippen MR) is 59.1 cm³/mol. The molecule has 0 saturated carbocycles. The minimum absolute atomic E-state index is 0.153. The fourth-order valence-corrected chi connectivity index (χ4v) is 1.64. The first-order chi connectivity index (χ1) is 7.57. The van der Waals surface area contributed by atoms with E-state index in [1.54, 1.807) is 25.9 Å². The van der Waals surface area contributed by atoms with Crippen molar-refractivity contribution < 1.29 is 14.3 Å². The number of esters is 1. The average Bonchev–Trinajstić information content (AvgIpc) is 2.28. The van der Waals surface area contributed by atoms with Gasteiger partial charge in [0.2, 0.25) is 0 Å². The van der Waals surface area contributed by atoms with Crippen molar-refractivity contribution in [1.29, 1.82) is 0 Å². The van der Waals surface area contributed by atoms with Crippen molar-refractivity contribution in [2.24, 2.45) is 0 Å². The zero-order valence-corrected chi connectivity index (χ0v) is 10.0. The lowest BCUT2D eigenvalue weighted by molar-refractivity contribution is -0.149. The van der Waals surface area contributed by atoms with Gasteiger partial charge in [0.1, 0.15) is 6.04 Å². The van der Waals surface area contributed by atoms with Crippen molar-refractivity contribution in [3.63, 3.8) is 0 Å². The number of hydrogen-bond donors (Lipinski definition) is 1. The molecular formula is C10H19N3O3. The third kappa shape index (κ3) is 2.85. The molecule has 6 nitrogen and oxygen atoms in total. The third-order valence-electron chi connectivity index (χ3n) is 2.43. The molecule has 1 heterocycles. The van der Waals surface area contributed by atoms with Gasteiger partial charge in [0, 0.05) is 33.7 Å². The molecule has 2 amide bonds. The van der Waals surface area contributed by atoms with Gasteiger partial charge in [-0.3, -0.25) is 0 Å². The van der Waals surface area contributed by atoms with Crippen LogP contribution in [0.2, 0.25) is 0 Å². The number of carbonyl (C=O) groups is 2. The summed E-state index contributed by atoms with van der Waals surface area (Å²) in [6, 6.07) is -0.664. The van der Waals surface area contributed by atoms with Crippen LogP contribution >= 0.6 is 0 Å². The first-order valence-electron chi connectivity index (χ1n) is 5.43. The zero-order chi connectivity index (χ0) is 12.1. The Labute approximate surface area is 95.5 Å². The fraction of sp³-hybridized carbons (Fsp3) is 0.800. The van der Waals surface area contributed by atoms with Gasteiger partial charge in [0.05, 0.1) is 6.61 Å². The number of amides is 2. The van der Waals surface area contributed by atoms with Crippen molar-refractivity contribution in [2.45, 2.75) is 13.0 Å². The van der Waals surface area contributed by atoms with Crippen LogP contribution in [0.5, 0.6) is 0 Å². The van der Waals surface area contributed by atoms with Crippen LogP contribution in [-0.2, 0) is 9.53 Å². The van der Waals surface area contributed by atoms with Crippen molar-refractivity contribution in [1.82, 2.24) is 15.1 Å². The van der Waals surface area contributed by atoms with E-state index in [9.17, 15) is 9.59 Å². The molecule has 0 aliphatic carbocycles. The monoisotopic (exact) mass is 229 g/mol. The van der Waals surface area contributed by atoms with E-state index in [4.69, 9.17) is 4.74 Å². The fourth-order valence-electron chi connectivity index (χ4n) is 1.64. The van der Waals surface area contributed by atoms with E-state index in [-0.39, 0.29) is 12.0 Å². The molecule has 1 rings (SSSR count). The summed E-state index contributed by atoms with van der Waals surface area (Å²) in [7, 11) is 3.35. The number of carbonyl (C=O) groups excluding carboxylic acids is 2. The number of rotatable bonds is 2. The SMILES string of the molecule is CCOC(=O)C1CNCCN1C(=O)N(C)C. The van der Waals surface area contributed by atoms with Gasteiger partial charge in [-0.15, -0.1) is 0 Å². The number of ether oxygens (including phenoxy) is 1. The highest BCUT2D eigenvalue weighted by Crippen LogP contribution is 2.08. The first-order valence-corrected chi connectivity index (χ1v) is 5.43. The highest BCUT2D eigenvalue weighted by atomic mass is 16.5. The van der Waals surface area contributed by atoms with Gasteiger partial charge in [-0.2, -0.15) is 0 Å². The Morgan fingerprint density at radius 1 is 1.50 bits per heavy atom. The highest BCUT2D eigenvalue weighted by molar-refractivity contribution is 5.84. The van der Waals surface area contributed by atoms with E-state index in [0.29, 0.717) is 26.2 Å². The van der Waals surface area contributed by atoms with Gasteiger partial charge >= 0.3 is 12.0 Å². The van der Waals surface area contributed by atoms with Crippen LogP contribution in [0.4, 0.5) is 4.79 Å². The number of nitrogens with one attached hydrogen (secondary N) is 1. The molecule has 0 aromatic carbocycles. The Kier molecular flexibility index (Phi) is 4.54. The molecule has 6 heteroatoms. The second-order valence-electron chi connectivity index (χ2n) is 3.84. The van der Waals surface area contributed by atoms with Crippen LogP contribution in [0.3, 0.4) is 0 Å². The van der Waals surface area contributed by atoms with Gasteiger partial charge < -0.3 is 19.9 Å². The predicted octanol–water partition coefficient (Wildman–Crippen LogP) is -0.495. The second-order valence-corrected chi connectivity index (χ2v) is 3.84. The smallest absolute Gasteiger partial charge is 0.330 e. The number of hydrogen-bond acceptors (Lipinski definition) is 4. The quantitative estimate of drug-likeness (QED) is 0.649. The maximum Gasteiger partial charge on any atom is 0.330 e. The Bertz CT molecular complexity index is 268. The molecule has 92 valence electrons. The summed E-state index contributed by atoms with van der Waals surface area (Å²) in [6.45, 7) is 3.78. The molecular weight excluding hydrogens is 210 g/mol. The van der Waals surface area contributed by atoms with Gasteiger partial charge in [-0.05, 0) is 6.92 Å².